The third kappa shape index (κ3) is 7.80. The number of hydrogen-bond donors (Lipinski definition) is 1. The van der Waals surface area contributed by atoms with Crippen LogP contribution >= 0.6 is 11.9 Å². The van der Waals surface area contributed by atoms with Gasteiger partial charge in [-0.3, -0.25) is 9.69 Å². The molecular formula is C29H33F2N3OS. The number of carbonyl (C=O) groups is 1. The van der Waals surface area contributed by atoms with Crippen LogP contribution in [-0.2, 0) is 17.0 Å². The second-order valence-electron chi connectivity index (χ2n) is 9.33. The van der Waals surface area contributed by atoms with Crippen molar-refractivity contribution in [3.63, 3.8) is 0 Å². The van der Waals surface area contributed by atoms with E-state index in [-0.39, 0.29) is 36.0 Å². The van der Waals surface area contributed by atoms with Gasteiger partial charge in [0.2, 0.25) is 5.91 Å². The van der Waals surface area contributed by atoms with Crippen molar-refractivity contribution >= 4 is 23.5 Å². The molecule has 0 saturated carbocycles. The van der Waals surface area contributed by atoms with E-state index in [4.69, 9.17) is 0 Å². The first-order chi connectivity index (χ1) is 17.5. The van der Waals surface area contributed by atoms with E-state index >= 15 is 0 Å². The molecule has 0 aliphatic carbocycles. The number of anilines is 1. The van der Waals surface area contributed by atoms with E-state index < -0.39 is 0 Å². The lowest BCUT2D eigenvalue weighted by atomic mass is 10.0. The third-order valence-electron chi connectivity index (χ3n) is 6.55. The molecule has 0 spiro atoms. The normalized spacial score (nSPS) is 15.4. The highest BCUT2D eigenvalue weighted by atomic mass is 32.2. The van der Waals surface area contributed by atoms with E-state index in [9.17, 15) is 13.6 Å². The fourth-order valence-electron chi connectivity index (χ4n) is 4.50. The summed E-state index contributed by atoms with van der Waals surface area (Å²) in [5.41, 5.74) is 2.91. The molecule has 3 aromatic rings. The molecule has 1 amide bonds. The predicted molar refractivity (Wildman–Crippen MR) is 144 cm³/mol. The summed E-state index contributed by atoms with van der Waals surface area (Å²) in [7, 11) is 0. The zero-order valence-corrected chi connectivity index (χ0v) is 21.4. The van der Waals surface area contributed by atoms with Crippen molar-refractivity contribution in [1.29, 1.82) is 0 Å². The first kappa shape index (κ1) is 26.2. The highest BCUT2D eigenvalue weighted by Gasteiger charge is 2.25. The van der Waals surface area contributed by atoms with Crippen molar-refractivity contribution in [3.8, 4) is 0 Å². The minimum Gasteiger partial charge on any atom is -0.353 e. The average Bonchev–Trinajstić information content (AvgIpc) is 2.89. The van der Waals surface area contributed by atoms with Crippen molar-refractivity contribution in [2.75, 3.05) is 23.9 Å². The first-order valence-electron chi connectivity index (χ1n) is 12.4. The molecule has 1 fully saturated rings. The quantitative estimate of drug-likeness (QED) is 0.349. The number of hydrogen-bond acceptors (Lipinski definition) is 4. The van der Waals surface area contributed by atoms with Gasteiger partial charge in [-0.1, -0.05) is 48.5 Å². The number of piperidine rings is 1. The van der Waals surface area contributed by atoms with Gasteiger partial charge in [-0.05, 0) is 73.2 Å². The van der Waals surface area contributed by atoms with Gasteiger partial charge in [0.1, 0.15) is 11.6 Å². The van der Waals surface area contributed by atoms with Gasteiger partial charge in [0.05, 0.1) is 6.42 Å². The minimum atomic E-state index is -0.296. The third-order valence-corrected chi connectivity index (χ3v) is 7.69. The highest BCUT2D eigenvalue weighted by molar-refractivity contribution is 7.99. The Hall–Kier alpha value is -2.90. The number of amides is 1. The Morgan fingerprint density at radius 2 is 1.69 bits per heavy atom. The molecule has 3 aromatic carbocycles. The summed E-state index contributed by atoms with van der Waals surface area (Å²) >= 11 is 1.70. The minimum absolute atomic E-state index is 0.0253. The fourth-order valence-corrected chi connectivity index (χ4v) is 5.58. The van der Waals surface area contributed by atoms with Crippen molar-refractivity contribution in [2.45, 2.75) is 44.0 Å². The molecule has 4 rings (SSSR count). The van der Waals surface area contributed by atoms with Gasteiger partial charge in [0.25, 0.3) is 0 Å². The molecule has 7 heteroatoms. The van der Waals surface area contributed by atoms with E-state index in [1.54, 1.807) is 36.2 Å². The maximum absolute atomic E-state index is 14.0. The molecule has 0 unspecified atom stereocenters. The van der Waals surface area contributed by atoms with Crippen LogP contribution in [0.25, 0.3) is 0 Å². The van der Waals surface area contributed by atoms with Gasteiger partial charge in [-0.2, -0.15) is 0 Å². The van der Waals surface area contributed by atoms with Gasteiger partial charge in [0, 0.05) is 43.2 Å². The molecule has 4 nitrogen and oxygen atoms in total. The van der Waals surface area contributed by atoms with E-state index in [2.05, 4.69) is 33.6 Å². The Morgan fingerprint density at radius 3 is 2.39 bits per heavy atom. The summed E-state index contributed by atoms with van der Waals surface area (Å²) in [6.07, 6.45) is 2.03. The number of nitrogens with one attached hydrogen (secondary N) is 1. The van der Waals surface area contributed by atoms with Crippen LogP contribution in [0.3, 0.4) is 0 Å². The SMILES string of the molecule is C[C@H](CN(SCc1ccccc1)c1cccc(F)c1)N1CCC(NC(=O)Cc2ccc(F)cc2)CC1. The Labute approximate surface area is 216 Å². The van der Waals surface area contributed by atoms with Crippen LogP contribution in [0.2, 0.25) is 0 Å². The number of benzene rings is 3. The maximum Gasteiger partial charge on any atom is 0.224 e. The summed E-state index contributed by atoms with van der Waals surface area (Å²) in [5.74, 6) is 0.257. The summed E-state index contributed by atoms with van der Waals surface area (Å²) in [6.45, 7) is 4.76. The van der Waals surface area contributed by atoms with Crippen LogP contribution in [-0.4, -0.2) is 42.5 Å². The molecule has 1 atom stereocenters. The van der Waals surface area contributed by atoms with Crippen LogP contribution in [0.1, 0.15) is 30.9 Å². The lowest BCUT2D eigenvalue weighted by Gasteiger charge is -2.38. The van der Waals surface area contributed by atoms with E-state index in [0.717, 1.165) is 49.5 Å². The van der Waals surface area contributed by atoms with Crippen LogP contribution in [0.5, 0.6) is 0 Å². The molecule has 0 bridgehead atoms. The number of halogens is 2. The molecule has 1 saturated heterocycles. The fraction of sp³-hybridized carbons (Fsp3) is 0.345. The predicted octanol–water partition coefficient (Wildman–Crippen LogP) is 5.83. The standard InChI is InChI=1S/C29H33F2N3OS/c1-22(20-34(28-9-5-8-26(31)19-28)36-21-24-6-3-2-4-7-24)33-16-14-27(15-17-33)32-29(35)18-23-10-12-25(30)13-11-23/h2-13,19,22,27H,14-18,20-21H2,1H3,(H,32,35)/t22-/m1/s1. The van der Waals surface area contributed by atoms with Crippen molar-refractivity contribution < 1.29 is 13.6 Å². The number of rotatable bonds is 10. The van der Waals surface area contributed by atoms with Gasteiger partial charge in [-0.15, -0.1) is 0 Å². The topological polar surface area (TPSA) is 35.6 Å². The maximum atomic E-state index is 14.0. The van der Waals surface area contributed by atoms with Crippen molar-refractivity contribution in [2.24, 2.45) is 0 Å². The van der Waals surface area contributed by atoms with Crippen LogP contribution in [0, 0.1) is 11.6 Å². The molecular weight excluding hydrogens is 476 g/mol. The lowest BCUT2D eigenvalue weighted by Crippen LogP contribution is -2.49. The first-order valence-corrected chi connectivity index (χ1v) is 13.4. The largest absolute Gasteiger partial charge is 0.353 e. The zero-order valence-electron chi connectivity index (χ0n) is 20.6. The van der Waals surface area contributed by atoms with Gasteiger partial charge >= 0.3 is 0 Å². The van der Waals surface area contributed by atoms with Gasteiger partial charge in [0.15, 0.2) is 0 Å². The Morgan fingerprint density at radius 1 is 0.972 bits per heavy atom. The summed E-state index contributed by atoms with van der Waals surface area (Å²) < 4.78 is 29.3. The molecule has 1 N–H and O–H groups in total. The smallest absolute Gasteiger partial charge is 0.224 e. The Bertz CT molecular complexity index is 1110. The Balaban J connectivity index is 1.29. The second-order valence-corrected chi connectivity index (χ2v) is 10.3. The summed E-state index contributed by atoms with van der Waals surface area (Å²) in [4.78, 5) is 14.9. The van der Waals surface area contributed by atoms with Crippen molar-refractivity contribution in [1.82, 2.24) is 10.2 Å². The second kappa shape index (κ2) is 12.9. The summed E-state index contributed by atoms with van der Waals surface area (Å²) in [5, 5.41) is 3.14. The van der Waals surface area contributed by atoms with Gasteiger partial charge in [-0.25, -0.2) is 8.78 Å². The zero-order chi connectivity index (χ0) is 25.3. The van der Waals surface area contributed by atoms with Crippen LogP contribution in [0.15, 0.2) is 78.9 Å². The van der Waals surface area contributed by atoms with E-state index in [0.29, 0.717) is 0 Å². The molecule has 0 aromatic heterocycles. The average molecular weight is 510 g/mol. The monoisotopic (exact) mass is 509 g/mol. The number of carbonyl (C=O) groups excluding carboxylic acids is 1. The molecule has 190 valence electrons. The Kier molecular flexibility index (Phi) is 9.36. The number of likely N-dealkylation sites (tertiary alicyclic amines) is 1. The molecule has 0 radical (unpaired) electrons. The van der Waals surface area contributed by atoms with Crippen LogP contribution < -0.4 is 9.62 Å². The number of nitrogens with zero attached hydrogens (tertiary/aromatic N) is 2. The van der Waals surface area contributed by atoms with E-state index in [1.165, 1.54) is 23.8 Å². The summed E-state index contributed by atoms with van der Waals surface area (Å²) in [6, 6.07) is 23.6. The molecule has 1 aliphatic rings. The molecule has 36 heavy (non-hydrogen) atoms. The molecule has 1 heterocycles. The highest BCUT2D eigenvalue weighted by Crippen LogP contribution is 2.27. The van der Waals surface area contributed by atoms with E-state index in [1.807, 2.05) is 24.3 Å². The molecule has 1 aliphatic heterocycles. The van der Waals surface area contributed by atoms with Crippen molar-refractivity contribution in [3.05, 3.63) is 102 Å². The van der Waals surface area contributed by atoms with Crippen LogP contribution in [0.4, 0.5) is 14.5 Å². The lowest BCUT2D eigenvalue weighted by molar-refractivity contribution is -0.121. The van der Waals surface area contributed by atoms with Gasteiger partial charge < -0.3 is 9.62 Å².